The molecule has 2 atom stereocenters. The van der Waals surface area contributed by atoms with Gasteiger partial charge < -0.3 is 10.6 Å². The summed E-state index contributed by atoms with van der Waals surface area (Å²) < 4.78 is 0. The van der Waals surface area contributed by atoms with Crippen molar-refractivity contribution in [1.29, 1.82) is 0 Å². The predicted molar refractivity (Wildman–Crippen MR) is 80.0 cm³/mol. The molecule has 106 valence electrons. The molecule has 0 aliphatic carbocycles. The van der Waals surface area contributed by atoms with E-state index in [1.54, 1.807) is 0 Å². The molecule has 0 saturated carbocycles. The zero-order valence-corrected chi connectivity index (χ0v) is 12.3. The van der Waals surface area contributed by atoms with Gasteiger partial charge in [-0.3, -0.25) is 4.79 Å². The molecule has 1 unspecified atom stereocenters. The van der Waals surface area contributed by atoms with Crippen molar-refractivity contribution in [2.24, 2.45) is 0 Å². The number of benzene rings is 1. The van der Waals surface area contributed by atoms with E-state index in [9.17, 15) is 4.79 Å². The third-order valence-electron chi connectivity index (χ3n) is 3.36. The molecule has 0 aliphatic rings. The van der Waals surface area contributed by atoms with Crippen LogP contribution in [0.5, 0.6) is 0 Å². The highest BCUT2D eigenvalue weighted by Crippen LogP contribution is 2.10. The van der Waals surface area contributed by atoms with Crippen LogP contribution in [-0.2, 0) is 4.79 Å². The lowest BCUT2D eigenvalue weighted by molar-refractivity contribution is -0.121. The Bertz CT molecular complexity index is 364. The predicted octanol–water partition coefficient (Wildman–Crippen LogP) is 3.03. The quantitative estimate of drug-likeness (QED) is 0.756. The minimum absolute atomic E-state index is 0.0572. The third kappa shape index (κ3) is 5.88. The zero-order valence-electron chi connectivity index (χ0n) is 12.3. The Morgan fingerprint density at radius 3 is 2.47 bits per heavy atom. The normalized spacial score (nSPS) is 13.8. The molecule has 0 saturated heterocycles. The highest BCUT2D eigenvalue weighted by atomic mass is 16.1. The fraction of sp³-hybridized carbons (Fsp3) is 0.562. The fourth-order valence-corrected chi connectivity index (χ4v) is 2.15. The van der Waals surface area contributed by atoms with Gasteiger partial charge >= 0.3 is 0 Å². The maximum absolute atomic E-state index is 11.9. The van der Waals surface area contributed by atoms with E-state index in [0.29, 0.717) is 12.6 Å². The van der Waals surface area contributed by atoms with Gasteiger partial charge in [-0.25, -0.2) is 0 Å². The summed E-state index contributed by atoms with van der Waals surface area (Å²) in [5, 5.41) is 6.33. The highest BCUT2D eigenvalue weighted by molar-refractivity contribution is 5.78. The Morgan fingerprint density at radius 2 is 1.89 bits per heavy atom. The standard InChI is InChI=1S/C16H26N2O/c1-4-9-15(5-2)17-12-16(19)18-13(3)14-10-7-6-8-11-14/h6-8,10-11,13,15,17H,4-5,9,12H2,1-3H3,(H,18,19)/t13-,15?/m1/s1. The molecule has 1 aromatic carbocycles. The van der Waals surface area contributed by atoms with E-state index in [-0.39, 0.29) is 11.9 Å². The van der Waals surface area contributed by atoms with Crippen LogP contribution in [0.4, 0.5) is 0 Å². The average Bonchev–Trinajstić information content (AvgIpc) is 2.44. The van der Waals surface area contributed by atoms with Gasteiger partial charge in [-0.05, 0) is 25.3 Å². The summed E-state index contributed by atoms with van der Waals surface area (Å²) in [6, 6.07) is 10.5. The van der Waals surface area contributed by atoms with Crippen LogP contribution >= 0.6 is 0 Å². The van der Waals surface area contributed by atoms with Crippen LogP contribution in [0.2, 0.25) is 0 Å². The summed E-state index contributed by atoms with van der Waals surface area (Å²) in [5.74, 6) is 0.0610. The number of hydrogen-bond acceptors (Lipinski definition) is 2. The van der Waals surface area contributed by atoms with Gasteiger partial charge in [0, 0.05) is 6.04 Å². The monoisotopic (exact) mass is 262 g/mol. The van der Waals surface area contributed by atoms with Crippen LogP contribution in [0.3, 0.4) is 0 Å². The molecule has 3 nitrogen and oxygen atoms in total. The number of carbonyl (C=O) groups excluding carboxylic acids is 1. The van der Waals surface area contributed by atoms with Crippen LogP contribution in [0, 0.1) is 0 Å². The second kappa shape index (κ2) is 8.70. The Balaban J connectivity index is 2.35. The van der Waals surface area contributed by atoms with Gasteiger partial charge in [0.1, 0.15) is 0 Å². The average molecular weight is 262 g/mol. The number of amides is 1. The van der Waals surface area contributed by atoms with Crippen LogP contribution in [0.1, 0.15) is 51.6 Å². The lowest BCUT2D eigenvalue weighted by Gasteiger charge is -2.18. The lowest BCUT2D eigenvalue weighted by Crippen LogP contribution is -2.39. The van der Waals surface area contributed by atoms with Crippen LogP contribution in [0.25, 0.3) is 0 Å². The Labute approximate surface area is 116 Å². The van der Waals surface area contributed by atoms with Crippen molar-refractivity contribution in [2.45, 2.75) is 52.1 Å². The van der Waals surface area contributed by atoms with E-state index in [2.05, 4.69) is 24.5 Å². The maximum Gasteiger partial charge on any atom is 0.234 e. The molecule has 0 aromatic heterocycles. The minimum Gasteiger partial charge on any atom is -0.348 e. The van der Waals surface area contributed by atoms with Crippen molar-refractivity contribution in [2.75, 3.05) is 6.54 Å². The number of hydrogen-bond donors (Lipinski definition) is 2. The molecule has 0 spiro atoms. The molecular formula is C16H26N2O. The van der Waals surface area contributed by atoms with Crippen molar-refractivity contribution < 1.29 is 4.79 Å². The smallest absolute Gasteiger partial charge is 0.234 e. The molecule has 3 heteroatoms. The largest absolute Gasteiger partial charge is 0.348 e. The Morgan fingerprint density at radius 1 is 1.21 bits per heavy atom. The van der Waals surface area contributed by atoms with Gasteiger partial charge in [-0.2, -0.15) is 0 Å². The molecule has 0 bridgehead atoms. The zero-order chi connectivity index (χ0) is 14.1. The van der Waals surface area contributed by atoms with Crippen molar-refractivity contribution in [3.8, 4) is 0 Å². The Hall–Kier alpha value is -1.35. The highest BCUT2D eigenvalue weighted by Gasteiger charge is 2.11. The number of carbonyl (C=O) groups is 1. The van der Waals surface area contributed by atoms with E-state index in [0.717, 1.165) is 24.8 Å². The molecule has 19 heavy (non-hydrogen) atoms. The molecule has 0 fully saturated rings. The maximum atomic E-state index is 11.9. The topological polar surface area (TPSA) is 41.1 Å². The van der Waals surface area contributed by atoms with Crippen LogP contribution < -0.4 is 10.6 Å². The molecule has 0 aliphatic heterocycles. The second-order valence-corrected chi connectivity index (χ2v) is 4.97. The first-order valence-corrected chi connectivity index (χ1v) is 7.25. The third-order valence-corrected chi connectivity index (χ3v) is 3.36. The van der Waals surface area contributed by atoms with Crippen molar-refractivity contribution in [3.63, 3.8) is 0 Å². The summed E-state index contributed by atoms with van der Waals surface area (Å²) in [5.41, 5.74) is 1.14. The molecule has 2 N–H and O–H groups in total. The first-order chi connectivity index (χ1) is 9.17. The second-order valence-electron chi connectivity index (χ2n) is 4.97. The summed E-state index contributed by atoms with van der Waals surface area (Å²) >= 11 is 0. The van der Waals surface area contributed by atoms with Crippen molar-refractivity contribution >= 4 is 5.91 Å². The number of rotatable bonds is 8. The van der Waals surface area contributed by atoms with E-state index in [1.165, 1.54) is 0 Å². The lowest BCUT2D eigenvalue weighted by atomic mass is 10.1. The minimum atomic E-state index is 0.0572. The van der Waals surface area contributed by atoms with Gasteiger partial charge in [0.05, 0.1) is 12.6 Å². The van der Waals surface area contributed by atoms with Crippen molar-refractivity contribution in [3.05, 3.63) is 35.9 Å². The summed E-state index contributed by atoms with van der Waals surface area (Å²) in [6.07, 6.45) is 3.33. The summed E-state index contributed by atoms with van der Waals surface area (Å²) in [4.78, 5) is 11.9. The summed E-state index contributed by atoms with van der Waals surface area (Å²) in [7, 11) is 0. The first kappa shape index (κ1) is 15.7. The van der Waals surface area contributed by atoms with E-state index in [4.69, 9.17) is 0 Å². The van der Waals surface area contributed by atoms with Gasteiger partial charge in [-0.15, -0.1) is 0 Å². The van der Waals surface area contributed by atoms with Crippen LogP contribution in [0.15, 0.2) is 30.3 Å². The first-order valence-electron chi connectivity index (χ1n) is 7.25. The SMILES string of the molecule is CCCC(CC)NCC(=O)N[C@H](C)c1ccccc1. The molecule has 0 radical (unpaired) electrons. The van der Waals surface area contributed by atoms with E-state index < -0.39 is 0 Å². The van der Waals surface area contributed by atoms with Gasteiger partial charge in [0.15, 0.2) is 0 Å². The molecule has 0 heterocycles. The molecule has 1 amide bonds. The van der Waals surface area contributed by atoms with Gasteiger partial charge in [0.25, 0.3) is 0 Å². The van der Waals surface area contributed by atoms with Gasteiger partial charge in [-0.1, -0.05) is 50.6 Å². The van der Waals surface area contributed by atoms with Crippen molar-refractivity contribution in [1.82, 2.24) is 10.6 Å². The Kier molecular flexibility index (Phi) is 7.19. The fourth-order valence-electron chi connectivity index (χ4n) is 2.15. The van der Waals surface area contributed by atoms with Gasteiger partial charge in [0.2, 0.25) is 5.91 Å². The summed E-state index contributed by atoms with van der Waals surface area (Å²) in [6.45, 7) is 6.73. The molecule has 1 rings (SSSR count). The molecule has 1 aromatic rings. The van der Waals surface area contributed by atoms with E-state index >= 15 is 0 Å². The number of nitrogens with one attached hydrogen (secondary N) is 2. The molecular weight excluding hydrogens is 236 g/mol. The van der Waals surface area contributed by atoms with E-state index in [1.807, 2.05) is 37.3 Å². The van der Waals surface area contributed by atoms with Crippen LogP contribution in [-0.4, -0.2) is 18.5 Å².